The van der Waals surface area contributed by atoms with Crippen LogP contribution in [0.4, 0.5) is 74.6 Å². The molecule has 0 aliphatic heterocycles. The zero-order chi connectivity index (χ0) is 26.8. The third kappa shape index (κ3) is 3.56. The van der Waals surface area contributed by atoms with E-state index in [2.05, 4.69) is 0 Å². The Morgan fingerprint density at radius 1 is 0.594 bits per heavy atom. The Labute approximate surface area is 165 Å². The van der Waals surface area contributed by atoms with Crippen molar-refractivity contribution in [3.8, 4) is 0 Å². The fourth-order valence-electron chi connectivity index (χ4n) is 1.80. The van der Waals surface area contributed by atoms with Gasteiger partial charge in [0.05, 0.1) is 0 Å². The van der Waals surface area contributed by atoms with Crippen LogP contribution < -0.4 is 0 Å². The third-order valence-corrected chi connectivity index (χ3v) is 4.74. The molecule has 0 heterocycles. The summed E-state index contributed by atoms with van der Waals surface area (Å²) < 4.78 is 252. The SMILES string of the molecule is CCC(F)C(F)(F)C(F)(F)C(F)(F)C(F)(F)C(F)(F)C(F)(F)C(F)(F)C(F)(F)S(=O)(=O)O. The highest BCUT2D eigenvalue weighted by Gasteiger charge is 2.96. The van der Waals surface area contributed by atoms with Crippen LogP contribution in [0, 0.1) is 0 Å². The van der Waals surface area contributed by atoms with Gasteiger partial charge in [-0.25, -0.2) is 4.39 Å². The Kier molecular flexibility index (Phi) is 7.32. The first-order valence-corrected chi connectivity index (χ1v) is 8.56. The van der Waals surface area contributed by atoms with Gasteiger partial charge in [0.25, 0.3) is 0 Å². The van der Waals surface area contributed by atoms with Crippen LogP contribution in [0.1, 0.15) is 13.3 Å². The lowest BCUT2D eigenvalue weighted by molar-refractivity contribution is -0.451. The van der Waals surface area contributed by atoms with Gasteiger partial charge in [-0.05, 0) is 6.42 Å². The minimum absolute atomic E-state index is 0.200. The summed E-state index contributed by atoms with van der Waals surface area (Å²) >= 11 is 0. The van der Waals surface area contributed by atoms with Gasteiger partial charge in [0.2, 0.25) is 0 Å². The second-order valence-corrected chi connectivity index (χ2v) is 7.40. The van der Waals surface area contributed by atoms with E-state index >= 15 is 0 Å². The van der Waals surface area contributed by atoms with E-state index in [1.807, 2.05) is 0 Å². The first-order chi connectivity index (χ1) is 13.5. The highest BCUT2D eigenvalue weighted by atomic mass is 32.2. The molecule has 0 saturated heterocycles. The molecule has 0 aromatic rings. The van der Waals surface area contributed by atoms with Crippen molar-refractivity contribution in [2.24, 2.45) is 0 Å². The van der Waals surface area contributed by atoms with Gasteiger partial charge in [-0.2, -0.15) is 78.7 Å². The van der Waals surface area contributed by atoms with E-state index in [1.165, 1.54) is 0 Å². The van der Waals surface area contributed by atoms with Crippen LogP contribution in [0.3, 0.4) is 0 Å². The van der Waals surface area contributed by atoms with E-state index in [1.54, 1.807) is 0 Å². The van der Waals surface area contributed by atoms with Crippen molar-refractivity contribution < 1.29 is 87.6 Å². The smallest absolute Gasteiger partial charge is 0.281 e. The average molecular weight is 542 g/mol. The number of alkyl halides is 17. The van der Waals surface area contributed by atoms with Crippen molar-refractivity contribution in [3.63, 3.8) is 0 Å². The number of halogens is 17. The largest absolute Gasteiger partial charge is 0.438 e. The lowest BCUT2D eigenvalue weighted by Gasteiger charge is -2.43. The fraction of sp³-hybridized carbons (Fsp3) is 1.00. The van der Waals surface area contributed by atoms with Crippen LogP contribution in [0.5, 0.6) is 0 Å². The summed E-state index contributed by atoms with van der Waals surface area (Å²) in [6.45, 7) is 0.200. The zero-order valence-corrected chi connectivity index (χ0v) is 15.2. The molecular formula is C11H7F17O3S. The van der Waals surface area contributed by atoms with Gasteiger partial charge >= 0.3 is 56.8 Å². The molecule has 194 valence electrons. The minimum Gasteiger partial charge on any atom is -0.281 e. The lowest BCUT2D eigenvalue weighted by atomic mass is 9.88. The number of hydrogen-bond donors (Lipinski definition) is 1. The van der Waals surface area contributed by atoms with E-state index in [9.17, 15) is 83.1 Å². The standard InChI is InChI=1S/C11H7F17O3S/c1-2-3(12)4(13,14)5(15,16)6(17,18)7(19,20)8(21,22)9(23,24)10(25,26)11(27,28)32(29,30)31/h3H,2H2,1H3,(H,29,30,31). The molecule has 0 aliphatic rings. The molecule has 1 atom stereocenters. The van der Waals surface area contributed by atoms with Gasteiger partial charge in [-0.1, -0.05) is 6.92 Å². The fourth-order valence-corrected chi connectivity index (χ4v) is 2.25. The maximum absolute atomic E-state index is 13.4. The maximum atomic E-state index is 13.4. The molecule has 0 aliphatic carbocycles. The van der Waals surface area contributed by atoms with Crippen LogP contribution in [0.15, 0.2) is 0 Å². The second kappa shape index (κ2) is 7.62. The molecule has 0 radical (unpaired) electrons. The van der Waals surface area contributed by atoms with Gasteiger partial charge in [0.15, 0.2) is 6.17 Å². The van der Waals surface area contributed by atoms with E-state index in [-0.39, 0.29) is 6.92 Å². The van der Waals surface area contributed by atoms with Crippen molar-refractivity contribution in [2.45, 2.75) is 66.2 Å². The predicted octanol–water partition coefficient (Wildman–Crippen LogP) is 5.66. The number of hydrogen-bond acceptors (Lipinski definition) is 2. The molecule has 32 heavy (non-hydrogen) atoms. The zero-order valence-electron chi connectivity index (χ0n) is 14.4. The summed E-state index contributed by atoms with van der Waals surface area (Å²) in [5.41, 5.74) is 0. The molecule has 0 aromatic heterocycles. The van der Waals surface area contributed by atoms with Crippen molar-refractivity contribution in [2.75, 3.05) is 0 Å². The quantitative estimate of drug-likeness (QED) is 0.287. The molecule has 0 aromatic carbocycles. The van der Waals surface area contributed by atoms with Crippen molar-refractivity contribution in [3.05, 3.63) is 0 Å². The Morgan fingerprint density at radius 3 is 1.09 bits per heavy atom. The summed E-state index contributed by atoms with van der Waals surface area (Å²) in [6, 6.07) is 0. The average Bonchev–Trinajstić information content (AvgIpc) is 2.58. The summed E-state index contributed by atoms with van der Waals surface area (Å²) in [5.74, 6) is -58.5. The predicted molar refractivity (Wildman–Crippen MR) is 66.3 cm³/mol. The lowest BCUT2D eigenvalue weighted by Crippen LogP contribution is -2.75. The second-order valence-electron chi connectivity index (χ2n) is 5.94. The molecule has 21 heteroatoms. The summed E-state index contributed by atoms with van der Waals surface area (Å²) in [5, 5.41) is -7.84. The molecule has 0 rings (SSSR count). The Morgan fingerprint density at radius 2 is 0.844 bits per heavy atom. The van der Waals surface area contributed by atoms with Gasteiger partial charge < -0.3 is 0 Å². The van der Waals surface area contributed by atoms with E-state index in [0.717, 1.165) is 0 Å². The van der Waals surface area contributed by atoms with Crippen LogP contribution in [-0.4, -0.2) is 65.9 Å². The maximum Gasteiger partial charge on any atom is 0.438 e. The summed E-state index contributed by atoms with van der Waals surface area (Å²) in [6.07, 6.45) is -6.42. The van der Waals surface area contributed by atoms with Crippen LogP contribution in [0.25, 0.3) is 0 Å². The van der Waals surface area contributed by atoms with Crippen molar-refractivity contribution in [1.82, 2.24) is 0 Å². The van der Waals surface area contributed by atoms with E-state index < -0.39 is 69.4 Å². The molecule has 1 N–H and O–H groups in total. The first kappa shape index (κ1) is 30.7. The topological polar surface area (TPSA) is 54.4 Å². The van der Waals surface area contributed by atoms with Crippen LogP contribution >= 0.6 is 0 Å². The molecule has 0 bridgehead atoms. The third-order valence-electron chi connectivity index (χ3n) is 3.83. The summed E-state index contributed by atoms with van der Waals surface area (Å²) in [7, 11) is -7.90. The highest BCUT2D eigenvalue weighted by molar-refractivity contribution is 7.87. The number of rotatable bonds is 10. The van der Waals surface area contributed by atoms with E-state index in [0.29, 0.717) is 0 Å². The molecule has 0 spiro atoms. The highest BCUT2D eigenvalue weighted by Crippen LogP contribution is 2.64. The minimum atomic E-state index is -8.86. The Bertz CT molecular complexity index is 803. The van der Waals surface area contributed by atoms with Crippen LogP contribution in [0.2, 0.25) is 0 Å². The van der Waals surface area contributed by atoms with Crippen molar-refractivity contribution in [1.29, 1.82) is 0 Å². The molecular weight excluding hydrogens is 535 g/mol. The Hall–Kier alpha value is -1.28. The normalized spacial score (nSPS) is 17.5. The van der Waals surface area contributed by atoms with Crippen LogP contribution in [-0.2, 0) is 10.1 Å². The monoisotopic (exact) mass is 542 g/mol. The van der Waals surface area contributed by atoms with E-state index in [4.69, 9.17) is 4.55 Å². The van der Waals surface area contributed by atoms with Gasteiger partial charge in [0.1, 0.15) is 0 Å². The van der Waals surface area contributed by atoms with Crippen molar-refractivity contribution >= 4 is 10.1 Å². The molecule has 0 saturated carbocycles. The van der Waals surface area contributed by atoms with Gasteiger partial charge in [-0.3, -0.25) is 4.55 Å². The molecule has 3 nitrogen and oxygen atoms in total. The van der Waals surface area contributed by atoms with Gasteiger partial charge in [0, 0.05) is 0 Å². The summed E-state index contributed by atoms with van der Waals surface area (Å²) in [4.78, 5) is 0. The molecule has 1 unspecified atom stereocenters. The van der Waals surface area contributed by atoms with Gasteiger partial charge in [-0.15, -0.1) is 0 Å². The Balaban J connectivity index is 6.99. The first-order valence-electron chi connectivity index (χ1n) is 7.12. The molecule has 0 fully saturated rings. The molecule has 0 amide bonds.